The smallest absolute Gasteiger partial charge is 0.311 e. The minimum Gasteiger partial charge on any atom is -0.481 e. The van der Waals surface area contributed by atoms with E-state index in [0.717, 1.165) is 0 Å². The maximum atomic E-state index is 12.3. The maximum Gasteiger partial charge on any atom is 0.311 e. The first-order chi connectivity index (χ1) is 9.41. The van der Waals surface area contributed by atoms with Crippen molar-refractivity contribution < 1.29 is 19.4 Å². The molecule has 3 unspecified atom stereocenters. The molecule has 8 nitrogen and oxygen atoms in total. The van der Waals surface area contributed by atoms with E-state index in [9.17, 15) is 9.59 Å². The molecule has 1 aromatic rings. The van der Waals surface area contributed by atoms with Crippen LogP contribution in [0.25, 0.3) is 0 Å². The van der Waals surface area contributed by atoms with Gasteiger partial charge in [-0.15, -0.1) is 0 Å². The summed E-state index contributed by atoms with van der Waals surface area (Å²) in [7, 11) is 3.28. The third-order valence-corrected chi connectivity index (χ3v) is 3.56. The van der Waals surface area contributed by atoms with Crippen LogP contribution in [0, 0.1) is 5.92 Å². The summed E-state index contributed by atoms with van der Waals surface area (Å²) in [5.74, 6) is -2.04. The molecule has 0 saturated carbocycles. The van der Waals surface area contributed by atoms with Gasteiger partial charge in [0.25, 0.3) is 0 Å². The molecule has 0 spiro atoms. The molecule has 3 atom stereocenters. The van der Waals surface area contributed by atoms with Gasteiger partial charge in [0.2, 0.25) is 5.91 Å². The first-order valence-corrected chi connectivity index (χ1v) is 6.23. The summed E-state index contributed by atoms with van der Waals surface area (Å²) in [5, 5.41) is 13.1. The minimum atomic E-state index is -0.970. The van der Waals surface area contributed by atoms with Crippen LogP contribution in [0.3, 0.4) is 0 Å². The van der Waals surface area contributed by atoms with E-state index in [2.05, 4.69) is 5.10 Å². The van der Waals surface area contributed by atoms with Crippen LogP contribution in [-0.4, -0.2) is 58.0 Å². The van der Waals surface area contributed by atoms with E-state index >= 15 is 0 Å². The Kier molecular flexibility index (Phi) is 4.05. The Hall–Kier alpha value is -1.93. The molecule has 110 valence electrons. The fraction of sp³-hybridized carbons (Fsp3) is 0.583. The number of ether oxygens (including phenoxy) is 1. The number of nitrogens with zero attached hydrogens (tertiary/aromatic N) is 3. The van der Waals surface area contributed by atoms with Crippen molar-refractivity contribution in [3.8, 4) is 0 Å². The Balaban J connectivity index is 2.10. The Labute approximate surface area is 116 Å². The average molecular weight is 282 g/mol. The third-order valence-electron chi connectivity index (χ3n) is 3.56. The number of amides is 1. The molecule has 20 heavy (non-hydrogen) atoms. The Morgan fingerprint density at radius 3 is 2.85 bits per heavy atom. The van der Waals surface area contributed by atoms with Crippen molar-refractivity contribution >= 4 is 11.9 Å². The fourth-order valence-electron chi connectivity index (χ4n) is 2.29. The lowest BCUT2D eigenvalue weighted by Crippen LogP contribution is -2.47. The number of carboxylic acid groups (broad SMARTS) is 1. The van der Waals surface area contributed by atoms with Gasteiger partial charge in [0.1, 0.15) is 12.0 Å². The number of likely N-dealkylation sites (N-methyl/N-ethyl adjacent to an activating group) is 1. The van der Waals surface area contributed by atoms with Gasteiger partial charge in [0.15, 0.2) is 0 Å². The van der Waals surface area contributed by atoms with Crippen LogP contribution in [-0.2, 0) is 21.4 Å². The zero-order chi connectivity index (χ0) is 14.9. The lowest BCUT2D eigenvalue weighted by atomic mass is 10.0. The van der Waals surface area contributed by atoms with E-state index in [0.29, 0.717) is 5.56 Å². The number of nitrogens with two attached hydrogens (primary N) is 1. The molecule has 1 amide bonds. The molecular formula is C12H18N4O4. The Morgan fingerprint density at radius 2 is 2.30 bits per heavy atom. The number of carboxylic acids is 1. The van der Waals surface area contributed by atoms with Gasteiger partial charge in [-0.25, -0.2) is 0 Å². The first-order valence-electron chi connectivity index (χ1n) is 6.23. The van der Waals surface area contributed by atoms with Crippen LogP contribution < -0.4 is 5.73 Å². The largest absolute Gasteiger partial charge is 0.481 e. The summed E-state index contributed by atoms with van der Waals surface area (Å²) < 4.78 is 6.72. The number of carbonyl (C=O) groups is 2. The van der Waals surface area contributed by atoms with Gasteiger partial charge < -0.3 is 20.5 Å². The molecule has 0 aliphatic carbocycles. The number of hydrogen-bond acceptors (Lipinski definition) is 5. The molecule has 3 N–H and O–H groups in total. The lowest BCUT2D eigenvalue weighted by Gasteiger charge is -2.28. The lowest BCUT2D eigenvalue weighted by molar-refractivity contribution is -0.144. The van der Waals surface area contributed by atoms with Gasteiger partial charge in [-0.1, -0.05) is 0 Å². The SMILES string of the molecule is CN(C(=O)C(N)c1cnn(C)c1)C1COCC1C(=O)O. The van der Waals surface area contributed by atoms with Crippen molar-refractivity contribution in [1.29, 1.82) is 0 Å². The van der Waals surface area contributed by atoms with E-state index in [1.54, 1.807) is 25.0 Å². The van der Waals surface area contributed by atoms with Gasteiger partial charge in [-0.05, 0) is 0 Å². The zero-order valence-corrected chi connectivity index (χ0v) is 11.4. The highest BCUT2D eigenvalue weighted by molar-refractivity contribution is 5.84. The normalized spacial score (nSPS) is 23.6. The number of aromatic nitrogens is 2. The zero-order valence-electron chi connectivity index (χ0n) is 11.4. The van der Waals surface area contributed by atoms with E-state index in [1.807, 2.05) is 0 Å². The molecule has 0 aromatic carbocycles. The summed E-state index contributed by atoms with van der Waals surface area (Å²) >= 11 is 0. The van der Waals surface area contributed by atoms with Crippen molar-refractivity contribution in [1.82, 2.24) is 14.7 Å². The number of rotatable bonds is 4. The van der Waals surface area contributed by atoms with Crippen LogP contribution in [0.5, 0.6) is 0 Å². The van der Waals surface area contributed by atoms with Crippen molar-refractivity contribution in [3.63, 3.8) is 0 Å². The predicted octanol–water partition coefficient (Wildman–Crippen LogP) is -1.02. The molecule has 1 aromatic heterocycles. The number of aryl methyl sites for hydroxylation is 1. The number of aliphatic carboxylic acids is 1. The summed E-state index contributed by atoms with van der Waals surface area (Å²) in [6, 6.07) is -1.36. The van der Waals surface area contributed by atoms with Gasteiger partial charge in [-0.2, -0.15) is 5.10 Å². The molecule has 1 saturated heterocycles. The van der Waals surface area contributed by atoms with E-state index in [-0.39, 0.29) is 19.1 Å². The van der Waals surface area contributed by atoms with Crippen LogP contribution in [0.4, 0.5) is 0 Å². The molecule has 1 aliphatic heterocycles. The standard InChI is InChI=1S/C12H18N4O4/c1-15-4-7(3-14-15)10(13)11(17)16(2)9-6-20-5-8(9)12(18)19/h3-4,8-10H,5-6,13H2,1-2H3,(H,18,19). The maximum absolute atomic E-state index is 12.3. The van der Waals surface area contributed by atoms with Gasteiger partial charge in [0.05, 0.1) is 25.5 Å². The van der Waals surface area contributed by atoms with Crippen molar-refractivity contribution in [2.45, 2.75) is 12.1 Å². The van der Waals surface area contributed by atoms with E-state index in [1.165, 1.54) is 11.1 Å². The molecule has 2 heterocycles. The monoisotopic (exact) mass is 282 g/mol. The third kappa shape index (κ3) is 2.66. The average Bonchev–Trinajstić information content (AvgIpc) is 3.04. The molecular weight excluding hydrogens is 264 g/mol. The summed E-state index contributed by atoms with van der Waals surface area (Å²) in [5.41, 5.74) is 6.50. The molecule has 1 fully saturated rings. The second-order valence-electron chi connectivity index (χ2n) is 4.92. The highest BCUT2D eigenvalue weighted by atomic mass is 16.5. The van der Waals surface area contributed by atoms with Gasteiger partial charge in [-0.3, -0.25) is 14.3 Å². The number of carbonyl (C=O) groups excluding carboxylic acids is 1. The molecule has 8 heteroatoms. The predicted molar refractivity (Wildman–Crippen MR) is 68.6 cm³/mol. The first kappa shape index (κ1) is 14.5. The van der Waals surface area contributed by atoms with Crippen LogP contribution in [0.2, 0.25) is 0 Å². The second kappa shape index (κ2) is 5.59. The van der Waals surface area contributed by atoms with E-state index < -0.39 is 24.0 Å². The highest BCUT2D eigenvalue weighted by Crippen LogP contribution is 2.22. The minimum absolute atomic E-state index is 0.111. The van der Waals surface area contributed by atoms with Gasteiger partial charge >= 0.3 is 5.97 Å². The highest BCUT2D eigenvalue weighted by Gasteiger charge is 2.39. The molecule has 1 aliphatic rings. The molecule has 2 rings (SSSR count). The Morgan fingerprint density at radius 1 is 1.60 bits per heavy atom. The molecule has 0 bridgehead atoms. The van der Waals surface area contributed by atoms with Crippen LogP contribution >= 0.6 is 0 Å². The Bertz CT molecular complexity index is 515. The molecule has 0 radical (unpaired) electrons. The topological polar surface area (TPSA) is 111 Å². The van der Waals surface area contributed by atoms with Crippen LogP contribution in [0.1, 0.15) is 11.6 Å². The summed E-state index contributed by atoms with van der Waals surface area (Å²) in [4.78, 5) is 24.8. The van der Waals surface area contributed by atoms with Crippen molar-refractivity contribution in [3.05, 3.63) is 18.0 Å². The quantitative estimate of drug-likeness (QED) is 0.731. The number of hydrogen-bond donors (Lipinski definition) is 2. The van der Waals surface area contributed by atoms with Crippen molar-refractivity contribution in [2.24, 2.45) is 18.7 Å². The van der Waals surface area contributed by atoms with Gasteiger partial charge in [0, 0.05) is 25.9 Å². The van der Waals surface area contributed by atoms with Crippen molar-refractivity contribution in [2.75, 3.05) is 20.3 Å². The van der Waals surface area contributed by atoms with E-state index in [4.69, 9.17) is 15.6 Å². The summed E-state index contributed by atoms with van der Waals surface area (Å²) in [6.07, 6.45) is 3.19. The summed E-state index contributed by atoms with van der Waals surface area (Å²) in [6.45, 7) is 0.318. The fourth-order valence-corrected chi connectivity index (χ4v) is 2.29. The van der Waals surface area contributed by atoms with Crippen LogP contribution in [0.15, 0.2) is 12.4 Å². The second-order valence-corrected chi connectivity index (χ2v) is 4.92.